The number of hydrogen-bond acceptors (Lipinski definition) is 6. The van der Waals surface area contributed by atoms with Gasteiger partial charge in [0.25, 0.3) is 0 Å². The maximum Gasteiger partial charge on any atom is 0.357 e. The van der Waals surface area contributed by atoms with Gasteiger partial charge in [-0.2, -0.15) is 0 Å². The fourth-order valence-electron chi connectivity index (χ4n) is 2.76. The Bertz CT molecular complexity index is 471. The summed E-state index contributed by atoms with van der Waals surface area (Å²) < 4.78 is 4.77. The molecule has 1 aromatic rings. The first kappa shape index (κ1) is 15.3. The van der Waals surface area contributed by atoms with Crippen LogP contribution in [-0.2, 0) is 4.74 Å². The van der Waals surface area contributed by atoms with Crippen LogP contribution in [0.25, 0.3) is 0 Å². The number of anilines is 1. The maximum absolute atomic E-state index is 11.6. The molecular formula is C14H23N3O2S. The van der Waals surface area contributed by atoms with Gasteiger partial charge in [-0.3, -0.25) is 4.90 Å². The van der Waals surface area contributed by atoms with Gasteiger partial charge in [0, 0.05) is 24.0 Å². The Morgan fingerprint density at radius 1 is 1.50 bits per heavy atom. The molecule has 5 nitrogen and oxygen atoms in total. The van der Waals surface area contributed by atoms with Gasteiger partial charge in [0.05, 0.1) is 7.11 Å². The Morgan fingerprint density at radius 3 is 2.80 bits per heavy atom. The van der Waals surface area contributed by atoms with E-state index in [9.17, 15) is 4.79 Å². The fraction of sp³-hybridized carbons (Fsp3) is 0.714. The van der Waals surface area contributed by atoms with Crippen molar-refractivity contribution in [3.8, 4) is 0 Å². The molecule has 2 heterocycles. The number of rotatable bonds is 5. The van der Waals surface area contributed by atoms with E-state index < -0.39 is 0 Å². The van der Waals surface area contributed by atoms with Crippen LogP contribution in [0.1, 0.15) is 35.6 Å². The number of aromatic nitrogens is 1. The monoisotopic (exact) mass is 297 g/mol. The fourth-order valence-corrected chi connectivity index (χ4v) is 3.69. The molecule has 0 radical (unpaired) electrons. The third-order valence-corrected chi connectivity index (χ3v) is 4.96. The number of carbonyl (C=O) groups excluding carboxylic acids is 1. The van der Waals surface area contributed by atoms with Crippen molar-refractivity contribution < 1.29 is 9.53 Å². The zero-order valence-electron chi connectivity index (χ0n) is 12.7. The molecule has 0 amide bonds. The molecule has 0 N–H and O–H groups in total. The molecule has 1 fully saturated rings. The summed E-state index contributed by atoms with van der Waals surface area (Å²) in [7, 11) is 1.40. The molecule has 1 aliphatic rings. The second-order valence-electron chi connectivity index (χ2n) is 5.00. The molecule has 2 rings (SSSR count). The molecule has 1 atom stereocenters. The van der Waals surface area contributed by atoms with Gasteiger partial charge in [0.1, 0.15) is 0 Å². The highest BCUT2D eigenvalue weighted by Crippen LogP contribution is 2.29. The van der Waals surface area contributed by atoms with Crippen molar-refractivity contribution in [2.24, 2.45) is 0 Å². The van der Waals surface area contributed by atoms with Gasteiger partial charge in [-0.1, -0.05) is 13.8 Å². The zero-order chi connectivity index (χ0) is 14.7. The summed E-state index contributed by atoms with van der Waals surface area (Å²) in [6.45, 7) is 10.5. The largest absolute Gasteiger partial charge is 0.464 e. The summed E-state index contributed by atoms with van der Waals surface area (Å²) in [4.78, 5) is 21.8. The highest BCUT2D eigenvalue weighted by Gasteiger charge is 2.29. The summed E-state index contributed by atoms with van der Waals surface area (Å²) in [5.41, 5.74) is 0.457. The number of aryl methyl sites for hydroxylation is 1. The molecule has 112 valence electrons. The lowest BCUT2D eigenvalue weighted by Crippen LogP contribution is -2.37. The van der Waals surface area contributed by atoms with Crippen LogP contribution in [0.5, 0.6) is 0 Å². The summed E-state index contributed by atoms with van der Waals surface area (Å²) in [5, 5.41) is 0.942. The summed E-state index contributed by atoms with van der Waals surface area (Å²) >= 11 is 1.58. The average molecular weight is 297 g/mol. The highest BCUT2D eigenvalue weighted by molar-refractivity contribution is 7.15. The molecule has 6 heteroatoms. The van der Waals surface area contributed by atoms with Crippen LogP contribution in [0.15, 0.2) is 0 Å². The van der Waals surface area contributed by atoms with Crippen LogP contribution in [0.2, 0.25) is 0 Å². The van der Waals surface area contributed by atoms with Crippen LogP contribution < -0.4 is 4.90 Å². The number of esters is 1. The molecule has 0 aliphatic carbocycles. The lowest BCUT2D eigenvalue weighted by Gasteiger charge is -2.25. The normalized spacial score (nSPS) is 18.9. The minimum Gasteiger partial charge on any atom is -0.464 e. The average Bonchev–Trinajstić information content (AvgIpc) is 3.06. The smallest absolute Gasteiger partial charge is 0.357 e. The summed E-state index contributed by atoms with van der Waals surface area (Å²) in [6, 6.07) is 0.593. The van der Waals surface area contributed by atoms with Gasteiger partial charge in [-0.25, -0.2) is 9.78 Å². The Kier molecular flexibility index (Phi) is 4.99. The number of ether oxygens (including phenoxy) is 1. The Balaban J connectivity index is 2.09. The topological polar surface area (TPSA) is 45.7 Å². The lowest BCUT2D eigenvalue weighted by molar-refractivity contribution is 0.0594. The van der Waals surface area contributed by atoms with E-state index in [0.29, 0.717) is 11.7 Å². The minimum atomic E-state index is -0.343. The third kappa shape index (κ3) is 2.96. The van der Waals surface area contributed by atoms with Crippen LogP contribution in [0, 0.1) is 6.92 Å². The number of methoxy groups -OCH3 is 1. The van der Waals surface area contributed by atoms with Crippen LogP contribution in [0.4, 0.5) is 5.13 Å². The first-order chi connectivity index (χ1) is 9.60. The molecule has 0 saturated carbocycles. The first-order valence-electron chi connectivity index (χ1n) is 7.15. The molecule has 0 bridgehead atoms. The van der Waals surface area contributed by atoms with Crippen molar-refractivity contribution in [3.05, 3.63) is 10.6 Å². The number of hydrogen-bond donors (Lipinski definition) is 0. The van der Waals surface area contributed by atoms with E-state index in [0.717, 1.165) is 42.6 Å². The van der Waals surface area contributed by atoms with Crippen molar-refractivity contribution in [2.45, 2.75) is 33.2 Å². The summed E-state index contributed by atoms with van der Waals surface area (Å²) in [6.07, 6.45) is 1.16. The minimum absolute atomic E-state index is 0.343. The zero-order valence-corrected chi connectivity index (χ0v) is 13.5. The van der Waals surface area contributed by atoms with Crippen molar-refractivity contribution in [1.29, 1.82) is 0 Å². The van der Waals surface area contributed by atoms with Crippen LogP contribution >= 0.6 is 11.3 Å². The Hall–Kier alpha value is -1.14. The predicted molar refractivity (Wildman–Crippen MR) is 81.7 cm³/mol. The van der Waals surface area contributed by atoms with Gasteiger partial charge in [0.15, 0.2) is 10.8 Å². The number of likely N-dealkylation sites (N-methyl/N-ethyl adjacent to an activating group) is 1. The van der Waals surface area contributed by atoms with E-state index in [-0.39, 0.29) is 5.97 Å². The molecule has 1 unspecified atom stereocenters. The number of nitrogens with zero attached hydrogens (tertiary/aromatic N) is 3. The highest BCUT2D eigenvalue weighted by atomic mass is 32.1. The van der Waals surface area contributed by atoms with Crippen LogP contribution in [0.3, 0.4) is 0 Å². The van der Waals surface area contributed by atoms with Gasteiger partial charge >= 0.3 is 5.97 Å². The summed E-state index contributed by atoms with van der Waals surface area (Å²) in [5.74, 6) is -0.343. The molecule has 1 aromatic heterocycles. The van der Waals surface area contributed by atoms with Crippen molar-refractivity contribution in [1.82, 2.24) is 9.88 Å². The maximum atomic E-state index is 11.6. The molecule has 0 spiro atoms. The Morgan fingerprint density at radius 2 is 2.20 bits per heavy atom. The first-order valence-corrected chi connectivity index (χ1v) is 7.97. The van der Waals surface area contributed by atoms with Crippen molar-refractivity contribution in [3.63, 3.8) is 0 Å². The SMILES string of the molecule is CCN(CC)C1CCN(c2nc(C(=O)OC)c(C)s2)C1. The molecule has 20 heavy (non-hydrogen) atoms. The van der Waals surface area contributed by atoms with Crippen molar-refractivity contribution >= 4 is 22.4 Å². The second-order valence-corrected chi connectivity index (χ2v) is 6.18. The van der Waals surface area contributed by atoms with Gasteiger partial charge in [-0.05, 0) is 26.4 Å². The predicted octanol–water partition coefficient (Wildman–Crippen LogP) is 2.16. The van der Waals surface area contributed by atoms with Crippen LogP contribution in [-0.4, -0.2) is 55.2 Å². The lowest BCUT2D eigenvalue weighted by atomic mass is 10.2. The van der Waals surface area contributed by atoms with Gasteiger partial charge < -0.3 is 9.64 Å². The van der Waals surface area contributed by atoms with E-state index in [4.69, 9.17) is 4.74 Å². The van der Waals surface area contributed by atoms with E-state index in [2.05, 4.69) is 28.6 Å². The van der Waals surface area contributed by atoms with E-state index in [1.54, 1.807) is 11.3 Å². The third-order valence-electron chi connectivity index (χ3n) is 3.93. The number of thiazole rings is 1. The molecular weight excluding hydrogens is 274 g/mol. The standard InChI is InChI=1S/C14H23N3O2S/c1-5-16(6-2)11-7-8-17(9-11)14-15-12(10(3)20-14)13(18)19-4/h11H,5-9H2,1-4H3. The van der Waals surface area contributed by atoms with Gasteiger partial charge in [0.2, 0.25) is 0 Å². The second kappa shape index (κ2) is 6.54. The number of carbonyl (C=O) groups is 1. The molecule has 0 aromatic carbocycles. The quantitative estimate of drug-likeness (QED) is 0.779. The van der Waals surface area contributed by atoms with E-state index >= 15 is 0 Å². The molecule has 1 aliphatic heterocycles. The Labute approximate surface area is 124 Å². The molecule has 1 saturated heterocycles. The van der Waals surface area contributed by atoms with E-state index in [1.165, 1.54) is 7.11 Å². The van der Waals surface area contributed by atoms with E-state index in [1.807, 2.05) is 6.92 Å². The van der Waals surface area contributed by atoms with Crippen molar-refractivity contribution in [2.75, 3.05) is 38.2 Å². The van der Waals surface area contributed by atoms with Gasteiger partial charge in [-0.15, -0.1) is 11.3 Å².